The molecule has 0 saturated heterocycles. The summed E-state index contributed by atoms with van der Waals surface area (Å²) in [7, 11) is 1.39. The van der Waals surface area contributed by atoms with E-state index in [1.54, 1.807) is 0 Å². The molecule has 0 aliphatic carbocycles. The average Bonchev–Trinajstić information content (AvgIpc) is 2.54. The predicted octanol–water partition coefficient (Wildman–Crippen LogP) is 5.53. The number of carbonyl (C=O) groups is 1. The summed E-state index contributed by atoms with van der Waals surface area (Å²) in [6.07, 6.45) is 0.268. The molecule has 3 aromatic rings. The van der Waals surface area contributed by atoms with Crippen molar-refractivity contribution in [3.63, 3.8) is 0 Å². The number of rotatable bonds is 3. The van der Waals surface area contributed by atoms with Crippen LogP contribution < -0.4 is 0 Å². The fourth-order valence-corrected chi connectivity index (χ4v) is 3.19. The summed E-state index contributed by atoms with van der Waals surface area (Å²) in [5.41, 5.74) is 2.72. The van der Waals surface area contributed by atoms with Gasteiger partial charge in [0.25, 0.3) is 0 Å². The minimum Gasteiger partial charge on any atom is -0.469 e. The molecular weight excluding hydrogens is 331 g/mol. The second-order valence-electron chi connectivity index (χ2n) is 5.25. The SMILES string of the molecule is COC(=O)Cc1ccc2cc(-c3c(Cl)cccc3Cl)ccc2c1. The Bertz CT molecular complexity index is 867. The van der Waals surface area contributed by atoms with Gasteiger partial charge in [-0.05, 0) is 40.1 Å². The summed E-state index contributed by atoms with van der Waals surface area (Å²) in [6.45, 7) is 0. The van der Waals surface area contributed by atoms with E-state index in [0.29, 0.717) is 10.0 Å². The van der Waals surface area contributed by atoms with Crippen molar-refractivity contribution in [2.45, 2.75) is 6.42 Å². The maximum absolute atomic E-state index is 11.4. The van der Waals surface area contributed by atoms with Gasteiger partial charge >= 0.3 is 5.97 Å². The number of ether oxygens (including phenoxy) is 1. The maximum Gasteiger partial charge on any atom is 0.309 e. The summed E-state index contributed by atoms with van der Waals surface area (Å²) in [5.74, 6) is -0.246. The minimum atomic E-state index is -0.246. The van der Waals surface area contributed by atoms with Crippen LogP contribution in [0, 0.1) is 0 Å². The molecule has 4 heteroatoms. The van der Waals surface area contributed by atoms with Crippen LogP contribution >= 0.6 is 23.2 Å². The Labute approximate surface area is 144 Å². The largest absolute Gasteiger partial charge is 0.469 e. The van der Waals surface area contributed by atoms with Crippen molar-refractivity contribution in [3.05, 3.63) is 70.2 Å². The zero-order valence-corrected chi connectivity index (χ0v) is 14.0. The van der Waals surface area contributed by atoms with Crippen molar-refractivity contribution >= 4 is 39.9 Å². The molecule has 0 fully saturated rings. The van der Waals surface area contributed by atoms with Gasteiger partial charge in [-0.3, -0.25) is 4.79 Å². The van der Waals surface area contributed by atoms with Gasteiger partial charge in [-0.1, -0.05) is 59.6 Å². The normalized spacial score (nSPS) is 10.7. The highest BCUT2D eigenvalue weighted by Gasteiger charge is 2.09. The monoisotopic (exact) mass is 344 g/mol. The van der Waals surface area contributed by atoms with Crippen molar-refractivity contribution in [3.8, 4) is 11.1 Å². The molecule has 0 N–H and O–H groups in total. The second kappa shape index (κ2) is 6.61. The number of methoxy groups -OCH3 is 1. The summed E-state index contributed by atoms with van der Waals surface area (Å²) in [6, 6.07) is 17.4. The van der Waals surface area contributed by atoms with Crippen LogP contribution in [0.25, 0.3) is 21.9 Å². The van der Waals surface area contributed by atoms with Gasteiger partial charge in [-0.25, -0.2) is 0 Å². The van der Waals surface area contributed by atoms with Crippen molar-refractivity contribution in [1.29, 1.82) is 0 Å². The summed E-state index contributed by atoms with van der Waals surface area (Å²) in [5, 5.41) is 3.36. The quantitative estimate of drug-likeness (QED) is 0.584. The maximum atomic E-state index is 11.4. The van der Waals surface area contributed by atoms with E-state index in [1.165, 1.54) is 7.11 Å². The van der Waals surface area contributed by atoms with Crippen LogP contribution in [0.3, 0.4) is 0 Å². The molecule has 0 amide bonds. The lowest BCUT2D eigenvalue weighted by Gasteiger charge is -2.09. The fourth-order valence-electron chi connectivity index (χ4n) is 2.57. The van der Waals surface area contributed by atoms with Gasteiger partial charge in [0.2, 0.25) is 0 Å². The standard InChI is InChI=1S/C19H14Cl2O2/c1-23-18(22)10-12-5-6-14-11-15(8-7-13(14)9-12)19-16(20)3-2-4-17(19)21/h2-9,11H,10H2,1H3. The van der Waals surface area contributed by atoms with Crippen molar-refractivity contribution in [1.82, 2.24) is 0 Å². The molecule has 0 unspecified atom stereocenters. The molecule has 0 radical (unpaired) electrons. The Morgan fingerprint density at radius 2 is 1.61 bits per heavy atom. The Kier molecular flexibility index (Phi) is 4.56. The van der Waals surface area contributed by atoms with Crippen molar-refractivity contribution in [2.24, 2.45) is 0 Å². The van der Waals surface area contributed by atoms with Gasteiger partial charge in [0.05, 0.1) is 13.5 Å². The van der Waals surface area contributed by atoms with E-state index in [4.69, 9.17) is 27.9 Å². The number of halogens is 2. The van der Waals surface area contributed by atoms with Gasteiger partial charge in [0.15, 0.2) is 0 Å². The van der Waals surface area contributed by atoms with E-state index in [9.17, 15) is 4.79 Å². The van der Waals surface area contributed by atoms with Crippen LogP contribution in [0.2, 0.25) is 10.0 Å². The third-order valence-corrected chi connectivity index (χ3v) is 4.36. The highest BCUT2D eigenvalue weighted by atomic mass is 35.5. The summed E-state index contributed by atoms with van der Waals surface area (Å²) < 4.78 is 4.70. The van der Waals surface area contributed by atoms with Gasteiger partial charge in [0, 0.05) is 15.6 Å². The Hall–Kier alpha value is -2.03. The topological polar surface area (TPSA) is 26.3 Å². The van der Waals surface area contributed by atoms with Crippen molar-refractivity contribution < 1.29 is 9.53 Å². The lowest BCUT2D eigenvalue weighted by Crippen LogP contribution is -2.04. The first kappa shape index (κ1) is 15.9. The Balaban J connectivity index is 2.03. The molecule has 0 saturated carbocycles. The zero-order chi connectivity index (χ0) is 16.4. The summed E-state index contributed by atoms with van der Waals surface area (Å²) >= 11 is 12.6. The van der Waals surface area contributed by atoms with E-state index in [2.05, 4.69) is 0 Å². The number of fused-ring (bicyclic) bond motifs is 1. The minimum absolute atomic E-state index is 0.246. The molecule has 0 heterocycles. The smallest absolute Gasteiger partial charge is 0.309 e. The van der Waals surface area contributed by atoms with Gasteiger partial charge in [-0.2, -0.15) is 0 Å². The molecule has 3 rings (SSSR count). The third kappa shape index (κ3) is 3.34. The predicted molar refractivity (Wildman–Crippen MR) is 95.1 cm³/mol. The van der Waals surface area contributed by atoms with Crippen LogP contribution in [0.15, 0.2) is 54.6 Å². The van der Waals surface area contributed by atoms with Gasteiger partial charge in [0.1, 0.15) is 0 Å². The van der Waals surface area contributed by atoms with E-state index in [-0.39, 0.29) is 12.4 Å². The first-order chi connectivity index (χ1) is 11.1. The number of hydrogen-bond acceptors (Lipinski definition) is 2. The molecule has 0 bridgehead atoms. The number of esters is 1. The molecule has 3 aromatic carbocycles. The van der Waals surface area contributed by atoms with Crippen LogP contribution in [0.1, 0.15) is 5.56 Å². The molecule has 0 aliphatic heterocycles. The lowest BCUT2D eigenvalue weighted by atomic mass is 9.99. The third-order valence-electron chi connectivity index (χ3n) is 3.73. The van der Waals surface area contributed by atoms with Crippen LogP contribution in [-0.4, -0.2) is 13.1 Å². The number of carbonyl (C=O) groups excluding carboxylic acids is 1. The molecule has 0 spiro atoms. The first-order valence-corrected chi connectivity index (χ1v) is 7.88. The van der Waals surface area contributed by atoms with E-state index in [1.807, 2.05) is 54.6 Å². The molecule has 0 atom stereocenters. The molecule has 2 nitrogen and oxygen atoms in total. The summed E-state index contributed by atoms with van der Waals surface area (Å²) in [4.78, 5) is 11.4. The second-order valence-corrected chi connectivity index (χ2v) is 6.06. The highest BCUT2D eigenvalue weighted by molar-refractivity contribution is 6.39. The molecule has 0 aromatic heterocycles. The Morgan fingerprint density at radius 1 is 0.957 bits per heavy atom. The lowest BCUT2D eigenvalue weighted by molar-refractivity contribution is -0.139. The van der Waals surface area contributed by atoms with E-state index < -0.39 is 0 Å². The van der Waals surface area contributed by atoms with Gasteiger partial charge < -0.3 is 4.74 Å². The fraction of sp³-hybridized carbons (Fsp3) is 0.105. The zero-order valence-electron chi connectivity index (χ0n) is 12.5. The average molecular weight is 345 g/mol. The van der Waals surface area contributed by atoms with Crippen molar-refractivity contribution in [2.75, 3.05) is 7.11 Å². The molecule has 0 aliphatic rings. The molecular formula is C19H14Cl2O2. The molecule has 23 heavy (non-hydrogen) atoms. The van der Waals surface area contributed by atoms with Crippen LogP contribution in [0.4, 0.5) is 0 Å². The first-order valence-electron chi connectivity index (χ1n) is 7.12. The van der Waals surface area contributed by atoms with Crippen LogP contribution in [0.5, 0.6) is 0 Å². The number of hydrogen-bond donors (Lipinski definition) is 0. The van der Waals surface area contributed by atoms with Gasteiger partial charge in [-0.15, -0.1) is 0 Å². The number of benzene rings is 3. The van der Waals surface area contributed by atoms with Crippen LogP contribution in [-0.2, 0) is 16.0 Å². The molecule has 116 valence electrons. The Morgan fingerprint density at radius 3 is 2.30 bits per heavy atom. The van der Waals surface area contributed by atoms with E-state index in [0.717, 1.165) is 27.5 Å². The van der Waals surface area contributed by atoms with E-state index >= 15 is 0 Å². The highest BCUT2D eigenvalue weighted by Crippen LogP contribution is 2.36.